The monoisotopic (exact) mass is 511 g/mol. The summed E-state index contributed by atoms with van der Waals surface area (Å²) in [7, 11) is 1.60. The highest BCUT2D eigenvalue weighted by atomic mass is 32.1. The molecule has 6 atom stereocenters. The molecule has 0 spiro atoms. The van der Waals surface area contributed by atoms with Crippen molar-refractivity contribution in [3.8, 4) is 5.75 Å². The zero-order valence-electron chi connectivity index (χ0n) is 21.6. The number of nitrogens with one attached hydrogen (secondary N) is 1. The van der Waals surface area contributed by atoms with Crippen LogP contribution in [0.5, 0.6) is 5.75 Å². The molecule has 6 unspecified atom stereocenters. The van der Waals surface area contributed by atoms with Gasteiger partial charge in [-0.3, -0.25) is 14.9 Å². The summed E-state index contributed by atoms with van der Waals surface area (Å²) in [4.78, 5) is 33.9. The first-order chi connectivity index (χ1) is 17.2. The summed E-state index contributed by atoms with van der Waals surface area (Å²) in [6.45, 7) is 8.12. The predicted molar refractivity (Wildman–Crippen MR) is 140 cm³/mol. The molecular formula is C28H37N3O4S. The molecule has 2 N–H and O–H groups in total. The molecule has 1 aromatic carbocycles. The summed E-state index contributed by atoms with van der Waals surface area (Å²) in [6.07, 6.45) is 4.28. The van der Waals surface area contributed by atoms with Crippen LogP contribution in [0.3, 0.4) is 0 Å². The number of fused-ring (bicyclic) bond motifs is 2. The normalized spacial score (nSPS) is 30.3. The number of amides is 2. The Balaban J connectivity index is 1.33. The standard InChI is InChI=1S/C28H37N3O4S/c1-16(26(34)31-13-5-6-14-31)20-11-12-28(3)15-21-23(17(2)22(28)24(20)32)29-27(36-21)30-25(33)18-7-9-19(35-4)10-8-18/h7-10,16-17,20,22,24,32H,5-6,11-15H2,1-4H3,(H,29,30,33). The highest BCUT2D eigenvalue weighted by Gasteiger charge is 2.54. The number of aliphatic hydroxyl groups excluding tert-OH is 1. The largest absolute Gasteiger partial charge is 0.497 e. The fraction of sp³-hybridized carbons (Fsp3) is 0.607. The average molecular weight is 512 g/mol. The lowest BCUT2D eigenvalue weighted by Crippen LogP contribution is -2.53. The lowest BCUT2D eigenvalue weighted by Gasteiger charge is -2.53. The summed E-state index contributed by atoms with van der Waals surface area (Å²) in [5.74, 6) is 0.572. The van der Waals surface area contributed by atoms with E-state index in [1.54, 1.807) is 42.7 Å². The molecule has 1 aromatic heterocycles. The number of anilines is 1. The molecule has 0 radical (unpaired) electrons. The van der Waals surface area contributed by atoms with Crippen molar-refractivity contribution < 1.29 is 19.4 Å². The van der Waals surface area contributed by atoms with E-state index in [4.69, 9.17) is 9.72 Å². The molecule has 7 nitrogen and oxygen atoms in total. The van der Waals surface area contributed by atoms with E-state index in [2.05, 4.69) is 19.2 Å². The number of hydrogen-bond acceptors (Lipinski definition) is 6. The Bertz CT molecular complexity index is 1130. The summed E-state index contributed by atoms with van der Waals surface area (Å²) < 4.78 is 5.18. The Hall–Kier alpha value is -2.45. The van der Waals surface area contributed by atoms with Crippen LogP contribution in [-0.4, -0.2) is 53.1 Å². The molecule has 5 rings (SSSR count). The van der Waals surface area contributed by atoms with Crippen LogP contribution in [0.1, 0.15) is 73.3 Å². The van der Waals surface area contributed by atoms with Gasteiger partial charge in [0.05, 0.1) is 18.9 Å². The van der Waals surface area contributed by atoms with Crippen molar-refractivity contribution in [2.45, 2.75) is 64.9 Å². The lowest BCUT2D eigenvalue weighted by molar-refractivity contribution is -0.143. The van der Waals surface area contributed by atoms with E-state index in [1.165, 1.54) is 4.88 Å². The van der Waals surface area contributed by atoms with E-state index in [9.17, 15) is 14.7 Å². The number of aliphatic hydroxyl groups is 1. The van der Waals surface area contributed by atoms with Crippen LogP contribution >= 0.6 is 11.3 Å². The van der Waals surface area contributed by atoms with Gasteiger partial charge in [-0.05, 0) is 73.6 Å². The van der Waals surface area contributed by atoms with Crippen LogP contribution in [0.2, 0.25) is 0 Å². The molecule has 1 saturated carbocycles. The third-order valence-corrected chi connectivity index (χ3v) is 9.93. The molecule has 1 saturated heterocycles. The van der Waals surface area contributed by atoms with Crippen LogP contribution in [0.4, 0.5) is 5.13 Å². The second-order valence-electron chi connectivity index (χ2n) is 11.2. The maximum Gasteiger partial charge on any atom is 0.257 e. The topological polar surface area (TPSA) is 91.8 Å². The number of rotatable bonds is 5. The number of thiazole rings is 1. The van der Waals surface area contributed by atoms with Gasteiger partial charge in [0.2, 0.25) is 5.91 Å². The van der Waals surface area contributed by atoms with Gasteiger partial charge in [0, 0.05) is 35.4 Å². The third-order valence-electron chi connectivity index (χ3n) is 8.94. The predicted octanol–water partition coefficient (Wildman–Crippen LogP) is 4.72. The van der Waals surface area contributed by atoms with Gasteiger partial charge < -0.3 is 14.7 Å². The van der Waals surface area contributed by atoms with Gasteiger partial charge in [0.15, 0.2) is 5.13 Å². The first kappa shape index (κ1) is 25.2. The SMILES string of the molecule is COc1ccc(C(=O)Nc2nc3c(s2)CC2(C)CCC(C(C)C(=O)N4CCCC4)C(O)C2C3C)cc1. The second kappa shape index (κ2) is 9.78. The zero-order chi connectivity index (χ0) is 25.6. The van der Waals surface area contributed by atoms with E-state index in [0.717, 1.165) is 50.9 Å². The molecule has 1 aliphatic heterocycles. The second-order valence-corrected chi connectivity index (χ2v) is 12.3. The minimum Gasteiger partial charge on any atom is -0.497 e. The maximum absolute atomic E-state index is 13.1. The molecule has 0 bridgehead atoms. The van der Waals surface area contributed by atoms with E-state index in [-0.39, 0.29) is 40.9 Å². The highest BCUT2D eigenvalue weighted by Crippen LogP contribution is 2.57. The summed E-state index contributed by atoms with van der Waals surface area (Å²) in [5, 5.41) is 15.2. The number of carbonyl (C=O) groups is 2. The quantitative estimate of drug-likeness (QED) is 0.606. The average Bonchev–Trinajstić information content (AvgIpc) is 3.53. The van der Waals surface area contributed by atoms with Gasteiger partial charge >= 0.3 is 0 Å². The minimum absolute atomic E-state index is 0.0322. The van der Waals surface area contributed by atoms with Crippen molar-refractivity contribution in [3.05, 3.63) is 40.4 Å². The van der Waals surface area contributed by atoms with Crippen LogP contribution < -0.4 is 10.1 Å². The summed E-state index contributed by atoms with van der Waals surface area (Å²) in [6, 6.07) is 7.01. The minimum atomic E-state index is -0.549. The smallest absolute Gasteiger partial charge is 0.257 e. The Kier molecular flexibility index (Phi) is 6.85. The molecule has 2 fully saturated rings. The van der Waals surface area contributed by atoms with Crippen molar-refractivity contribution in [3.63, 3.8) is 0 Å². The fourth-order valence-corrected chi connectivity index (χ4v) is 8.18. The van der Waals surface area contributed by atoms with Crippen LogP contribution in [-0.2, 0) is 11.2 Å². The Morgan fingerprint density at radius 1 is 1.25 bits per heavy atom. The summed E-state index contributed by atoms with van der Waals surface area (Å²) >= 11 is 1.54. The third kappa shape index (κ3) is 4.43. The van der Waals surface area contributed by atoms with Gasteiger partial charge in [-0.2, -0.15) is 0 Å². The van der Waals surface area contributed by atoms with E-state index in [1.807, 2.05) is 11.8 Å². The molecular weight excluding hydrogens is 474 g/mol. The Morgan fingerprint density at radius 3 is 2.61 bits per heavy atom. The molecule has 2 amide bonds. The van der Waals surface area contributed by atoms with Gasteiger partial charge in [-0.15, -0.1) is 11.3 Å². The number of nitrogens with zero attached hydrogens (tertiary/aromatic N) is 2. The van der Waals surface area contributed by atoms with Gasteiger partial charge in [0.25, 0.3) is 5.91 Å². The molecule has 36 heavy (non-hydrogen) atoms. The maximum atomic E-state index is 13.1. The number of benzene rings is 1. The molecule has 8 heteroatoms. The van der Waals surface area contributed by atoms with Crippen molar-refractivity contribution in [1.29, 1.82) is 0 Å². The number of aromatic nitrogens is 1. The van der Waals surface area contributed by atoms with E-state index < -0.39 is 6.10 Å². The van der Waals surface area contributed by atoms with Crippen LogP contribution in [0.15, 0.2) is 24.3 Å². The fourth-order valence-electron chi connectivity index (χ4n) is 6.92. The van der Waals surface area contributed by atoms with E-state index in [0.29, 0.717) is 16.4 Å². The van der Waals surface area contributed by atoms with Crippen molar-refractivity contribution in [2.24, 2.45) is 23.2 Å². The first-order valence-corrected chi connectivity index (χ1v) is 14.0. The number of ether oxygens (including phenoxy) is 1. The molecule has 2 aliphatic carbocycles. The van der Waals surface area contributed by atoms with Crippen molar-refractivity contribution >= 4 is 28.3 Å². The van der Waals surface area contributed by atoms with Gasteiger partial charge in [0.1, 0.15) is 5.75 Å². The molecule has 194 valence electrons. The molecule has 2 aromatic rings. The number of likely N-dealkylation sites (tertiary alicyclic amines) is 1. The van der Waals surface area contributed by atoms with E-state index >= 15 is 0 Å². The first-order valence-electron chi connectivity index (χ1n) is 13.1. The summed E-state index contributed by atoms with van der Waals surface area (Å²) in [5.41, 5.74) is 1.47. The Labute approximate surface area is 217 Å². The van der Waals surface area contributed by atoms with Crippen molar-refractivity contribution in [2.75, 3.05) is 25.5 Å². The molecule has 3 aliphatic rings. The number of methoxy groups -OCH3 is 1. The zero-order valence-corrected chi connectivity index (χ0v) is 22.4. The van der Waals surface area contributed by atoms with Gasteiger partial charge in [-0.25, -0.2) is 4.98 Å². The van der Waals surface area contributed by atoms with Gasteiger partial charge in [-0.1, -0.05) is 20.8 Å². The highest BCUT2D eigenvalue weighted by molar-refractivity contribution is 7.15. The Morgan fingerprint density at radius 2 is 1.94 bits per heavy atom. The number of carbonyl (C=O) groups excluding carboxylic acids is 2. The number of hydrogen-bond donors (Lipinski definition) is 2. The lowest BCUT2D eigenvalue weighted by atomic mass is 9.53. The van der Waals surface area contributed by atoms with Crippen molar-refractivity contribution in [1.82, 2.24) is 9.88 Å². The van der Waals surface area contributed by atoms with Crippen LogP contribution in [0, 0.1) is 23.2 Å². The molecule has 2 heterocycles. The van der Waals surface area contributed by atoms with Crippen LogP contribution in [0.25, 0.3) is 0 Å².